The van der Waals surface area contributed by atoms with Crippen molar-refractivity contribution in [3.63, 3.8) is 0 Å². The molecule has 0 bridgehead atoms. The standard InChI is InChI=1S/C14H9ClF3N5O2S/c1-25-12(24)11-10(7-4-2-3-5-8(7)15)19-9(26-11)6-23-21-13(20-22-23)14(16,17)18/h2-5H,6H2,1H3. The third-order valence-corrected chi connectivity index (χ3v) is 4.50. The summed E-state index contributed by atoms with van der Waals surface area (Å²) in [5, 5.41) is 10.2. The molecule has 12 heteroatoms. The molecule has 0 aliphatic rings. The van der Waals surface area contributed by atoms with Crippen LogP contribution in [0.25, 0.3) is 11.3 Å². The minimum absolute atomic E-state index is 0.173. The highest BCUT2D eigenvalue weighted by atomic mass is 35.5. The molecule has 0 aliphatic heterocycles. The van der Waals surface area contributed by atoms with Gasteiger partial charge in [-0.3, -0.25) is 0 Å². The first-order chi connectivity index (χ1) is 12.3. The van der Waals surface area contributed by atoms with Crippen LogP contribution in [0.3, 0.4) is 0 Å². The van der Waals surface area contributed by atoms with Crippen molar-refractivity contribution in [3.05, 3.63) is 45.0 Å². The molecular formula is C14H9ClF3N5O2S. The van der Waals surface area contributed by atoms with Crippen LogP contribution >= 0.6 is 22.9 Å². The first-order valence-electron chi connectivity index (χ1n) is 6.97. The number of methoxy groups -OCH3 is 1. The highest BCUT2D eigenvalue weighted by molar-refractivity contribution is 7.14. The van der Waals surface area contributed by atoms with Gasteiger partial charge in [0.05, 0.1) is 17.8 Å². The molecule has 2 heterocycles. The van der Waals surface area contributed by atoms with Crippen molar-refractivity contribution < 1.29 is 22.7 Å². The zero-order valence-electron chi connectivity index (χ0n) is 13.0. The van der Waals surface area contributed by atoms with Crippen LogP contribution in [0.15, 0.2) is 24.3 Å². The van der Waals surface area contributed by atoms with E-state index >= 15 is 0 Å². The topological polar surface area (TPSA) is 82.8 Å². The van der Waals surface area contributed by atoms with Crippen LogP contribution in [0.5, 0.6) is 0 Å². The average molecular weight is 404 g/mol. The van der Waals surface area contributed by atoms with Crippen molar-refractivity contribution in [2.75, 3.05) is 7.11 Å². The molecule has 0 spiro atoms. The zero-order valence-corrected chi connectivity index (χ0v) is 14.6. The van der Waals surface area contributed by atoms with E-state index in [0.29, 0.717) is 15.6 Å². The largest absolute Gasteiger partial charge is 0.465 e. The van der Waals surface area contributed by atoms with Gasteiger partial charge in [0.1, 0.15) is 16.4 Å². The van der Waals surface area contributed by atoms with E-state index in [9.17, 15) is 18.0 Å². The number of tetrazole rings is 1. The van der Waals surface area contributed by atoms with Crippen molar-refractivity contribution in [2.45, 2.75) is 12.7 Å². The molecule has 0 saturated heterocycles. The molecule has 0 aliphatic carbocycles. The van der Waals surface area contributed by atoms with E-state index in [1.54, 1.807) is 24.3 Å². The quantitative estimate of drug-likeness (QED) is 0.621. The van der Waals surface area contributed by atoms with E-state index in [-0.39, 0.29) is 17.1 Å². The molecule has 7 nitrogen and oxygen atoms in total. The third-order valence-electron chi connectivity index (χ3n) is 3.15. The fraction of sp³-hybridized carbons (Fsp3) is 0.214. The second-order valence-electron chi connectivity index (χ2n) is 4.90. The summed E-state index contributed by atoms with van der Waals surface area (Å²) >= 11 is 7.10. The minimum Gasteiger partial charge on any atom is -0.465 e. The van der Waals surface area contributed by atoms with Gasteiger partial charge < -0.3 is 4.74 Å². The Morgan fingerprint density at radius 3 is 2.69 bits per heavy atom. The van der Waals surface area contributed by atoms with Gasteiger partial charge >= 0.3 is 12.1 Å². The summed E-state index contributed by atoms with van der Waals surface area (Å²) in [5.41, 5.74) is 0.776. The number of carbonyl (C=O) groups is 1. The molecule has 136 valence electrons. The molecular weight excluding hydrogens is 395 g/mol. The zero-order chi connectivity index (χ0) is 18.9. The third kappa shape index (κ3) is 3.68. The summed E-state index contributed by atoms with van der Waals surface area (Å²) in [5.74, 6) is -1.99. The number of ether oxygens (including phenoxy) is 1. The molecule has 0 amide bonds. The maximum absolute atomic E-state index is 12.6. The van der Waals surface area contributed by atoms with E-state index in [0.717, 1.165) is 16.1 Å². The van der Waals surface area contributed by atoms with Gasteiger partial charge in [-0.25, -0.2) is 9.78 Å². The van der Waals surface area contributed by atoms with E-state index in [4.69, 9.17) is 16.3 Å². The number of carbonyl (C=O) groups excluding carboxylic acids is 1. The number of esters is 1. The van der Waals surface area contributed by atoms with Crippen LogP contribution in [-0.4, -0.2) is 38.3 Å². The molecule has 0 radical (unpaired) electrons. The summed E-state index contributed by atoms with van der Waals surface area (Å²) in [6, 6.07) is 6.74. The number of hydrogen-bond acceptors (Lipinski definition) is 7. The molecule has 0 saturated carbocycles. The van der Waals surface area contributed by atoms with Crippen molar-refractivity contribution >= 4 is 28.9 Å². The number of benzene rings is 1. The average Bonchev–Trinajstić information content (AvgIpc) is 3.22. The molecule has 26 heavy (non-hydrogen) atoms. The number of nitrogens with zero attached hydrogens (tertiary/aromatic N) is 5. The molecule has 0 N–H and O–H groups in total. The monoisotopic (exact) mass is 403 g/mol. The van der Waals surface area contributed by atoms with E-state index in [1.807, 2.05) is 0 Å². The first kappa shape index (κ1) is 18.3. The van der Waals surface area contributed by atoms with E-state index in [2.05, 4.69) is 20.4 Å². The SMILES string of the molecule is COC(=O)c1sc(Cn2nnc(C(F)(F)F)n2)nc1-c1ccccc1Cl. The lowest BCUT2D eigenvalue weighted by Crippen LogP contribution is -2.09. The number of hydrogen-bond donors (Lipinski definition) is 0. The van der Waals surface area contributed by atoms with Gasteiger partial charge in [-0.1, -0.05) is 29.8 Å². The lowest BCUT2D eigenvalue weighted by atomic mass is 10.1. The smallest absolute Gasteiger partial charge is 0.455 e. The van der Waals surface area contributed by atoms with Crippen LogP contribution < -0.4 is 0 Å². The Labute approximate surface area is 153 Å². The predicted octanol–water partition coefficient (Wildman–Crippen LogP) is 3.30. The van der Waals surface area contributed by atoms with Crippen molar-refractivity contribution in [2.24, 2.45) is 0 Å². The summed E-state index contributed by atoms with van der Waals surface area (Å²) < 4.78 is 42.4. The van der Waals surface area contributed by atoms with Gasteiger partial charge in [-0.05, 0) is 11.3 Å². The number of halogens is 4. The fourth-order valence-electron chi connectivity index (χ4n) is 2.04. The number of alkyl halides is 3. The molecule has 0 unspecified atom stereocenters. The first-order valence-corrected chi connectivity index (χ1v) is 8.17. The second-order valence-corrected chi connectivity index (χ2v) is 6.39. The summed E-state index contributed by atoms with van der Waals surface area (Å²) in [6.07, 6.45) is -4.69. The Kier molecular flexibility index (Phi) is 4.92. The summed E-state index contributed by atoms with van der Waals surface area (Å²) in [7, 11) is 1.21. The van der Waals surface area contributed by atoms with Gasteiger partial charge in [-0.15, -0.1) is 21.5 Å². The maximum Gasteiger partial charge on any atom is 0.455 e. The van der Waals surface area contributed by atoms with Crippen molar-refractivity contribution in [1.29, 1.82) is 0 Å². The predicted molar refractivity (Wildman–Crippen MR) is 85.8 cm³/mol. The van der Waals surface area contributed by atoms with Gasteiger partial charge in [0.15, 0.2) is 0 Å². The lowest BCUT2D eigenvalue weighted by molar-refractivity contribution is -0.145. The number of aromatic nitrogens is 5. The molecule has 0 atom stereocenters. The van der Waals surface area contributed by atoms with Crippen LogP contribution in [-0.2, 0) is 17.5 Å². The minimum atomic E-state index is -4.69. The highest BCUT2D eigenvalue weighted by Crippen LogP contribution is 2.33. The number of rotatable bonds is 4. The highest BCUT2D eigenvalue weighted by Gasteiger charge is 2.36. The van der Waals surface area contributed by atoms with E-state index in [1.165, 1.54) is 7.11 Å². The van der Waals surface area contributed by atoms with Gasteiger partial charge in [0, 0.05) is 5.56 Å². The van der Waals surface area contributed by atoms with E-state index < -0.39 is 18.0 Å². The van der Waals surface area contributed by atoms with Crippen LogP contribution in [0.2, 0.25) is 5.02 Å². The van der Waals surface area contributed by atoms with Gasteiger partial charge in [-0.2, -0.15) is 18.0 Å². The molecule has 3 rings (SSSR count). The summed E-state index contributed by atoms with van der Waals surface area (Å²) in [4.78, 5) is 17.2. The van der Waals surface area contributed by atoms with Gasteiger partial charge in [0.2, 0.25) is 0 Å². The van der Waals surface area contributed by atoms with Crippen molar-refractivity contribution in [1.82, 2.24) is 25.2 Å². The normalized spacial score (nSPS) is 11.6. The van der Waals surface area contributed by atoms with Crippen LogP contribution in [0, 0.1) is 0 Å². The Morgan fingerprint density at radius 1 is 1.35 bits per heavy atom. The number of thiazole rings is 1. The van der Waals surface area contributed by atoms with Crippen LogP contribution in [0.1, 0.15) is 20.5 Å². The Hall–Kier alpha value is -2.53. The Balaban J connectivity index is 1.98. The Morgan fingerprint density at radius 2 is 2.08 bits per heavy atom. The molecule has 2 aromatic heterocycles. The molecule has 1 aromatic carbocycles. The lowest BCUT2D eigenvalue weighted by Gasteiger charge is -2.02. The molecule has 0 fully saturated rings. The maximum atomic E-state index is 12.6. The molecule has 3 aromatic rings. The van der Waals surface area contributed by atoms with Crippen LogP contribution in [0.4, 0.5) is 13.2 Å². The Bertz CT molecular complexity index is 956. The van der Waals surface area contributed by atoms with Gasteiger partial charge in [0.25, 0.3) is 5.82 Å². The van der Waals surface area contributed by atoms with Crippen molar-refractivity contribution in [3.8, 4) is 11.3 Å². The second kappa shape index (κ2) is 7.00. The fourth-order valence-corrected chi connectivity index (χ4v) is 3.24. The summed E-state index contributed by atoms with van der Waals surface area (Å²) in [6.45, 7) is -0.192.